The van der Waals surface area contributed by atoms with E-state index in [4.69, 9.17) is 21.5 Å². The van der Waals surface area contributed by atoms with Crippen LogP contribution in [0.25, 0.3) is 27.9 Å². The van der Waals surface area contributed by atoms with Gasteiger partial charge < -0.3 is 25.0 Å². The molecule has 5 rings (SSSR count). The Kier molecular flexibility index (Phi) is 8.22. The second kappa shape index (κ2) is 11.8. The molecule has 200 valence electrons. The second-order valence-corrected chi connectivity index (χ2v) is 9.06. The van der Waals surface area contributed by atoms with E-state index < -0.39 is 11.8 Å². The highest BCUT2D eigenvalue weighted by molar-refractivity contribution is 6.32. The highest BCUT2D eigenvalue weighted by Crippen LogP contribution is 2.40. The predicted molar refractivity (Wildman–Crippen MR) is 148 cm³/mol. The first-order chi connectivity index (χ1) is 18.7. The number of aromatic nitrogens is 3. The van der Waals surface area contributed by atoms with E-state index in [1.807, 2.05) is 11.0 Å². The van der Waals surface area contributed by atoms with Crippen molar-refractivity contribution >= 4 is 23.4 Å². The van der Waals surface area contributed by atoms with E-state index in [1.165, 1.54) is 21.3 Å². The molecule has 0 atom stereocenters. The number of nitrogens with zero attached hydrogens (tertiary/aromatic N) is 4. The fraction of sp³-hybridized carbons (Fsp3) is 0.179. The molecule has 1 aliphatic rings. The Labute approximate surface area is 228 Å². The summed E-state index contributed by atoms with van der Waals surface area (Å²) >= 11 is 6.49. The van der Waals surface area contributed by atoms with Crippen LogP contribution in [-0.4, -0.2) is 49.9 Å². The number of aromatic hydroxyl groups is 1. The fourth-order valence-electron chi connectivity index (χ4n) is 4.04. The summed E-state index contributed by atoms with van der Waals surface area (Å²) in [5.41, 5.74) is 2.02. The molecule has 4 aromatic rings. The van der Waals surface area contributed by atoms with E-state index in [9.17, 15) is 14.3 Å². The lowest BCUT2D eigenvalue weighted by Gasteiger charge is -2.20. The third-order valence-electron chi connectivity index (χ3n) is 5.87. The van der Waals surface area contributed by atoms with Gasteiger partial charge in [0.15, 0.2) is 0 Å². The topological polar surface area (TPSA) is 113 Å². The molecule has 0 spiro atoms. The van der Waals surface area contributed by atoms with E-state index in [-0.39, 0.29) is 17.0 Å². The van der Waals surface area contributed by atoms with E-state index >= 15 is 0 Å². The number of rotatable bonds is 4. The van der Waals surface area contributed by atoms with E-state index in [1.54, 1.807) is 49.9 Å². The number of imidazole rings is 1. The summed E-state index contributed by atoms with van der Waals surface area (Å²) in [5.74, 6) is 2.28. The monoisotopic (exact) mass is 549 g/mol. The molecule has 11 heteroatoms. The smallest absolute Gasteiger partial charge is 0.332 e. The highest BCUT2D eigenvalue weighted by Gasteiger charge is 2.17. The molecule has 0 unspecified atom stereocenters. The first-order valence-corrected chi connectivity index (χ1v) is 12.2. The van der Waals surface area contributed by atoms with Gasteiger partial charge in [0.2, 0.25) is 0 Å². The number of benzene rings is 2. The van der Waals surface area contributed by atoms with Crippen LogP contribution in [0.5, 0.6) is 5.75 Å². The number of hydrogen-bond acceptors (Lipinski definition) is 6. The standard InChI is InChI=1S/C26H21ClFN5O2.C2H4O2/c1-31-11-12-33(26(31)35)23-4-3-17(13-22(23)27)20-15-19(28)16-21(25(20)34)18-5-7-30-24(14-18)32-9-2-6-29-8-10-32;1-2(3)4/h3-5,7,11-16,29,34H,8-10H2,1H3;1H3,(H,3,4). The van der Waals surface area contributed by atoms with Crippen molar-refractivity contribution < 1.29 is 19.4 Å². The summed E-state index contributed by atoms with van der Waals surface area (Å²) in [6, 6.07) is 13.9. The quantitative estimate of drug-likeness (QED) is 0.331. The van der Waals surface area contributed by atoms with Crippen molar-refractivity contribution in [2.24, 2.45) is 7.05 Å². The van der Waals surface area contributed by atoms with Crippen LogP contribution in [0.2, 0.25) is 5.02 Å². The molecule has 9 nitrogen and oxygen atoms in total. The molecule has 39 heavy (non-hydrogen) atoms. The average molecular weight is 550 g/mol. The van der Waals surface area contributed by atoms with Gasteiger partial charge in [-0.1, -0.05) is 23.6 Å². The van der Waals surface area contributed by atoms with Crippen molar-refractivity contribution in [3.05, 3.63) is 82.4 Å². The molecule has 3 heterocycles. The lowest BCUT2D eigenvalue weighted by atomic mass is 9.97. The van der Waals surface area contributed by atoms with Crippen molar-refractivity contribution in [3.63, 3.8) is 0 Å². The maximum Gasteiger partial charge on any atom is 0.332 e. The Morgan fingerprint density at radius 3 is 2.46 bits per heavy atom. The maximum absolute atomic E-state index is 14.7. The molecule has 0 fully saturated rings. The number of carboxylic acids is 1. The van der Waals surface area contributed by atoms with Crippen molar-refractivity contribution in [2.75, 3.05) is 24.5 Å². The molecule has 1 aliphatic heterocycles. The number of phenols is 1. The molecule has 0 saturated carbocycles. The molecule has 0 saturated heterocycles. The summed E-state index contributed by atoms with van der Waals surface area (Å²) in [6.45, 7) is 2.99. The SMILES string of the molecule is CC(=O)O.Cn1ccn(-c2ccc(-c3cc(F)cc(-c4ccnc(N5CC#CNCC5)c4)c3O)cc2Cl)c1=O. The number of carboxylic acid groups (broad SMARTS) is 1. The van der Waals surface area contributed by atoms with Gasteiger partial charge in [0.05, 0.1) is 17.3 Å². The zero-order valence-electron chi connectivity index (χ0n) is 21.2. The predicted octanol–water partition coefficient (Wildman–Crippen LogP) is 3.86. The van der Waals surface area contributed by atoms with Gasteiger partial charge >= 0.3 is 5.69 Å². The Balaban J connectivity index is 0.000000826. The molecule has 2 aromatic carbocycles. The van der Waals surface area contributed by atoms with Crippen molar-refractivity contribution in [1.82, 2.24) is 19.4 Å². The number of aryl methyl sites for hydroxylation is 1. The van der Waals surface area contributed by atoms with Crippen LogP contribution in [0.1, 0.15) is 6.92 Å². The molecular weight excluding hydrogens is 525 g/mol. The minimum Gasteiger partial charge on any atom is -0.507 e. The summed E-state index contributed by atoms with van der Waals surface area (Å²) in [6.07, 6.45) is 4.88. The zero-order chi connectivity index (χ0) is 28.1. The summed E-state index contributed by atoms with van der Waals surface area (Å²) in [5, 5.41) is 21.9. The number of carbonyl (C=O) groups is 1. The van der Waals surface area contributed by atoms with Gasteiger partial charge in [-0.15, -0.1) is 0 Å². The van der Waals surface area contributed by atoms with Crippen molar-refractivity contribution in [2.45, 2.75) is 6.92 Å². The van der Waals surface area contributed by atoms with Gasteiger partial charge in [0.1, 0.15) is 17.4 Å². The van der Waals surface area contributed by atoms with Gasteiger partial charge in [-0.2, -0.15) is 0 Å². The van der Waals surface area contributed by atoms with Gasteiger partial charge in [-0.3, -0.25) is 9.36 Å². The van der Waals surface area contributed by atoms with Crippen LogP contribution in [-0.2, 0) is 11.8 Å². The van der Waals surface area contributed by atoms with Crippen LogP contribution in [0.4, 0.5) is 10.2 Å². The Morgan fingerprint density at radius 1 is 1.13 bits per heavy atom. The van der Waals surface area contributed by atoms with Crippen LogP contribution in [0, 0.1) is 17.8 Å². The van der Waals surface area contributed by atoms with Crippen molar-refractivity contribution in [3.8, 4) is 45.7 Å². The molecule has 0 bridgehead atoms. The molecule has 3 N–H and O–H groups in total. The Bertz CT molecular complexity index is 1650. The molecule has 2 aromatic heterocycles. The average Bonchev–Trinajstić information content (AvgIpc) is 3.09. The second-order valence-electron chi connectivity index (χ2n) is 8.65. The normalized spacial score (nSPS) is 12.4. The summed E-state index contributed by atoms with van der Waals surface area (Å²) in [4.78, 5) is 27.7. The third kappa shape index (κ3) is 6.22. The number of pyridine rings is 1. The first-order valence-electron chi connectivity index (χ1n) is 11.8. The van der Waals surface area contributed by atoms with E-state index in [0.717, 1.165) is 6.92 Å². The Hall–Kier alpha value is -4.75. The zero-order valence-corrected chi connectivity index (χ0v) is 21.9. The summed E-state index contributed by atoms with van der Waals surface area (Å²) in [7, 11) is 1.65. The van der Waals surface area contributed by atoms with E-state index in [2.05, 4.69) is 22.3 Å². The molecular formula is C28H25ClFN5O4. The third-order valence-corrected chi connectivity index (χ3v) is 6.18. The van der Waals surface area contributed by atoms with Crippen LogP contribution in [0.3, 0.4) is 0 Å². The maximum atomic E-state index is 14.7. The Morgan fingerprint density at radius 2 is 1.82 bits per heavy atom. The minimum absolute atomic E-state index is 0.0819. The number of phenolic OH excluding ortho intramolecular Hbond substituents is 1. The summed E-state index contributed by atoms with van der Waals surface area (Å²) < 4.78 is 17.6. The number of anilines is 1. The van der Waals surface area contributed by atoms with Gasteiger partial charge in [0, 0.05) is 62.8 Å². The number of nitrogens with one attached hydrogen (secondary N) is 1. The number of aliphatic carboxylic acids is 1. The lowest BCUT2D eigenvalue weighted by molar-refractivity contribution is -0.134. The van der Waals surface area contributed by atoms with Gasteiger partial charge in [0.25, 0.3) is 5.97 Å². The molecule has 0 radical (unpaired) electrons. The molecule has 0 aliphatic carbocycles. The lowest BCUT2D eigenvalue weighted by Crippen LogP contribution is -2.29. The van der Waals surface area contributed by atoms with Crippen LogP contribution < -0.4 is 15.9 Å². The van der Waals surface area contributed by atoms with Crippen LogP contribution >= 0.6 is 11.6 Å². The number of halogens is 2. The van der Waals surface area contributed by atoms with Crippen molar-refractivity contribution in [1.29, 1.82) is 0 Å². The number of hydrogen-bond donors (Lipinski definition) is 3. The highest BCUT2D eigenvalue weighted by atomic mass is 35.5. The van der Waals surface area contributed by atoms with Crippen LogP contribution in [0.15, 0.2) is 65.8 Å². The van der Waals surface area contributed by atoms with Gasteiger partial charge in [-0.05, 0) is 47.5 Å². The van der Waals surface area contributed by atoms with E-state index in [0.29, 0.717) is 52.9 Å². The molecule has 0 amide bonds. The largest absolute Gasteiger partial charge is 0.507 e. The minimum atomic E-state index is -0.833. The van der Waals surface area contributed by atoms with Gasteiger partial charge in [-0.25, -0.2) is 14.2 Å². The first kappa shape index (κ1) is 27.3. The fourth-order valence-corrected chi connectivity index (χ4v) is 4.31.